The number of hydrogen-bond acceptors (Lipinski definition) is 3. The lowest BCUT2D eigenvalue weighted by Crippen LogP contribution is -2.30. The fourth-order valence-corrected chi connectivity index (χ4v) is 4.01. The first kappa shape index (κ1) is 17.6. The van der Waals surface area contributed by atoms with Crippen LogP contribution in [0.4, 0.5) is 10.1 Å². The first-order chi connectivity index (χ1) is 12.5. The lowest BCUT2D eigenvalue weighted by molar-refractivity contribution is 0.589. The van der Waals surface area contributed by atoms with E-state index >= 15 is 0 Å². The smallest absolute Gasteiger partial charge is 0.262 e. The van der Waals surface area contributed by atoms with E-state index in [1.165, 1.54) is 16.4 Å². The van der Waals surface area contributed by atoms with Crippen molar-refractivity contribution >= 4 is 15.7 Å². The second kappa shape index (κ2) is 7.38. The molecule has 26 heavy (non-hydrogen) atoms. The lowest BCUT2D eigenvalue weighted by atomic mass is 10.1. The third kappa shape index (κ3) is 3.58. The number of nitrogens with zero attached hydrogens (tertiary/aromatic N) is 2. The molecule has 4 nitrogen and oxygen atoms in total. The Hall–Kier alpha value is -3.17. The molecule has 3 aromatic carbocycles. The lowest BCUT2D eigenvalue weighted by Gasteiger charge is -2.25. The van der Waals surface area contributed by atoms with Gasteiger partial charge in [0.25, 0.3) is 10.0 Å². The molecule has 0 aliphatic carbocycles. The molecule has 3 rings (SSSR count). The summed E-state index contributed by atoms with van der Waals surface area (Å²) in [6, 6.07) is 22.2. The van der Waals surface area contributed by atoms with Gasteiger partial charge in [-0.2, -0.15) is 5.26 Å². The van der Waals surface area contributed by atoms with E-state index in [1.54, 1.807) is 54.6 Å². The molecule has 0 aromatic heterocycles. The zero-order chi connectivity index (χ0) is 18.6. The highest BCUT2D eigenvalue weighted by Crippen LogP contribution is 2.26. The summed E-state index contributed by atoms with van der Waals surface area (Å²) in [5.41, 5.74) is 1.46. The second-order valence-corrected chi connectivity index (χ2v) is 7.43. The Morgan fingerprint density at radius 3 is 2.15 bits per heavy atom. The molecule has 0 saturated carbocycles. The number of benzene rings is 3. The summed E-state index contributed by atoms with van der Waals surface area (Å²) >= 11 is 0. The van der Waals surface area contributed by atoms with Gasteiger partial charge in [0, 0.05) is 0 Å². The largest absolute Gasteiger partial charge is 0.264 e. The summed E-state index contributed by atoms with van der Waals surface area (Å²) in [6.45, 7) is -0.00649. The predicted octanol–water partition coefficient (Wildman–Crippen LogP) is 4.09. The maximum atomic E-state index is 13.2. The number of halogens is 1. The van der Waals surface area contributed by atoms with Crippen molar-refractivity contribution in [3.8, 4) is 6.07 Å². The average Bonchev–Trinajstić information content (AvgIpc) is 2.67. The minimum atomic E-state index is -3.94. The highest BCUT2D eigenvalue weighted by atomic mass is 32.2. The molecular weight excluding hydrogens is 351 g/mol. The minimum Gasteiger partial charge on any atom is -0.262 e. The molecule has 0 unspecified atom stereocenters. The standard InChI is InChI=1S/C20H15FN2O2S/c21-18-10-12-20(13-11-18)26(24,25)23(19-8-2-1-3-9-19)15-17-7-5-4-6-16(17)14-22/h1-13H,15H2. The molecule has 130 valence electrons. The monoisotopic (exact) mass is 366 g/mol. The van der Waals surface area contributed by atoms with Gasteiger partial charge in [0.1, 0.15) is 5.82 Å². The van der Waals surface area contributed by atoms with E-state index in [2.05, 4.69) is 6.07 Å². The number of rotatable bonds is 5. The van der Waals surface area contributed by atoms with Crippen LogP contribution in [0.25, 0.3) is 0 Å². The van der Waals surface area contributed by atoms with Crippen LogP contribution in [0.1, 0.15) is 11.1 Å². The summed E-state index contributed by atoms with van der Waals surface area (Å²) in [4.78, 5) is -0.0165. The van der Waals surface area contributed by atoms with Gasteiger partial charge in [-0.25, -0.2) is 12.8 Å². The Balaban J connectivity index is 2.10. The molecule has 0 heterocycles. The average molecular weight is 366 g/mol. The number of anilines is 1. The maximum Gasteiger partial charge on any atom is 0.264 e. The van der Waals surface area contributed by atoms with Crippen molar-refractivity contribution in [2.45, 2.75) is 11.4 Å². The number of hydrogen-bond donors (Lipinski definition) is 0. The maximum absolute atomic E-state index is 13.2. The quantitative estimate of drug-likeness (QED) is 0.683. The summed E-state index contributed by atoms with van der Waals surface area (Å²) < 4.78 is 40.8. The van der Waals surface area contributed by atoms with Crippen LogP contribution in [-0.2, 0) is 16.6 Å². The van der Waals surface area contributed by atoms with Gasteiger partial charge in [0.15, 0.2) is 0 Å². The van der Waals surface area contributed by atoms with Crippen molar-refractivity contribution in [3.05, 3.63) is 95.8 Å². The number of nitriles is 1. The molecule has 0 fully saturated rings. The third-order valence-corrected chi connectivity index (χ3v) is 5.69. The highest BCUT2D eigenvalue weighted by molar-refractivity contribution is 7.92. The molecule has 0 N–H and O–H groups in total. The SMILES string of the molecule is N#Cc1ccccc1CN(c1ccccc1)S(=O)(=O)c1ccc(F)cc1. The number of sulfonamides is 1. The van der Waals surface area contributed by atoms with Crippen molar-refractivity contribution in [1.82, 2.24) is 0 Å². The summed E-state index contributed by atoms with van der Waals surface area (Å²) in [5, 5.41) is 9.29. The molecule has 6 heteroatoms. The van der Waals surface area contributed by atoms with E-state index < -0.39 is 15.8 Å². The number of para-hydroxylation sites is 1. The molecule has 0 atom stereocenters. The van der Waals surface area contributed by atoms with Crippen LogP contribution < -0.4 is 4.31 Å². The van der Waals surface area contributed by atoms with Crippen molar-refractivity contribution in [1.29, 1.82) is 5.26 Å². The Morgan fingerprint density at radius 2 is 1.50 bits per heavy atom. The molecule has 3 aromatic rings. The topological polar surface area (TPSA) is 61.2 Å². The van der Waals surface area contributed by atoms with Crippen LogP contribution in [0.2, 0.25) is 0 Å². The molecule has 0 radical (unpaired) electrons. The van der Waals surface area contributed by atoms with Crippen molar-refractivity contribution in [2.24, 2.45) is 0 Å². The van der Waals surface area contributed by atoms with Crippen LogP contribution in [0.5, 0.6) is 0 Å². The summed E-state index contributed by atoms with van der Waals surface area (Å²) in [7, 11) is -3.94. The first-order valence-electron chi connectivity index (χ1n) is 7.84. The van der Waals surface area contributed by atoms with Crippen LogP contribution in [0, 0.1) is 17.1 Å². The van der Waals surface area contributed by atoms with Crippen LogP contribution in [0.3, 0.4) is 0 Å². The highest BCUT2D eigenvalue weighted by Gasteiger charge is 2.26. The molecule has 0 bridgehead atoms. The van der Waals surface area contributed by atoms with Gasteiger partial charge in [0.2, 0.25) is 0 Å². The van der Waals surface area contributed by atoms with Crippen LogP contribution >= 0.6 is 0 Å². The van der Waals surface area contributed by atoms with Crippen molar-refractivity contribution in [3.63, 3.8) is 0 Å². The van der Waals surface area contributed by atoms with Crippen LogP contribution in [-0.4, -0.2) is 8.42 Å². The minimum absolute atomic E-state index is 0.00649. The molecular formula is C20H15FN2O2S. The van der Waals surface area contributed by atoms with Crippen molar-refractivity contribution in [2.75, 3.05) is 4.31 Å². The second-order valence-electron chi connectivity index (χ2n) is 5.57. The van der Waals surface area contributed by atoms with E-state index in [0.29, 0.717) is 16.8 Å². The van der Waals surface area contributed by atoms with Gasteiger partial charge in [0.05, 0.1) is 28.8 Å². The normalized spacial score (nSPS) is 10.9. The third-order valence-electron chi connectivity index (χ3n) is 3.90. The van der Waals surface area contributed by atoms with E-state index in [4.69, 9.17) is 0 Å². The van der Waals surface area contributed by atoms with E-state index in [-0.39, 0.29) is 11.4 Å². The van der Waals surface area contributed by atoms with Gasteiger partial charge in [-0.1, -0.05) is 36.4 Å². The van der Waals surface area contributed by atoms with Crippen molar-refractivity contribution < 1.29 is 12.8 Å². The zero-order valence-corrected chi connectivity index (χ0v) is 14.5. The van der Waals surface area contributed by atoms with E-state index in [9.17, 15) is 18.1 Å². The van der Waals surface area contributed by atoms with Gasteiger partial charge < -0.3 is 0 Å². The Bertz CT molecular complexity index is 1040. The van der Waals surface area contributed by atoms with E-state index in [0.717, 1.165) is 12.1 Å². The predicted molar refractivity (Wildman–Crippen MR) is 97.4 cm³/mol. The molecule has 0 aliphatic heterocycles. The van der Waals surface area contributed by atoms with Crippen LogP contribution in [0.15, 0.2) is 83.8 Å². The summed E-state index contributed by atoms with van der Waals surface area (Å²) in [5.74, 6) is -0.509. The molecule has 0 saturated heterocycles. The Kier molecular flexibility index (Phi) is 5.01. The van der Waals surface area contributed by atoms with Gasteiger partial charge in [-0.3, -0.25) is 4.31 Å². The molecule has 0 amide bonds. The fourth-order valence-electron chi connectivity index (χ4n) is 2.57. The summed E-state index contributed by atoms with van der Waals surface area (Å²) in [6.07, 6.45) is 0. The molecule has 0 aliphatic rings. The first-order valence-corrected chi connectivity index (χ1v) is 9.28. The van der Waals surface area contributed by atoms with E-state index in [1.807, 2.05) is 0 Å². The van der Waals surface area contributed by atoms with Gasteiger partial charge in [-0.05, 0) is 48.0 Å². The Labute approximate surface area is 151 Å². The Morgan fingerprint density at radius 1 is 0.885 bits per heavy atom. The molecule has 0 spiro atoms. The zero-order valence-electron chi connectivity index (χ0n) is 13.7. The fraction of sp³-hybridized carbons (Fsp3) is 0.0500. The van der Waals surface area contributed by atoms with Gasteiger partial charge >= 0.3 is 0 Å². The van der Waals surface area contributed by atoms with Gasteiger partial charge in [-0.15, -0.1) is 0 Å².